The maximum absolute atomic E-state index is 6.06. The van der Waals surface area contributed by atoms with Crippen molar-refractivity contribution in [3.8, 4) is 0 Å². The fourth-order valence-electron chi connectivity index (χ4n) is 1.30. The number of aryl methyl sites for hydroxylation is 1. The lowest BCUT2D eigenvalue weighted by Gasteiger charge is -2.19. The highest BCUT2D eigenvalue weighted by molar-refractivity contribution is 5.01. The van der Waals surface area contributed by atoms with Crippen LogP contribution in [0.2, 0.25) is 0 Å². The second kappa shape index (κ2) is 5.96. The third kappa shape index (κ3) is 3.57. The molecular formula is C11H21N3O2. The number of nitrogens with two attached hydrogens (primary N) is 1. The number of unbranched alkanes of at least 4 members (excludes halogenated alkanes) is 1. The number of nitrogens with zero attached hydrogens (tertiary/aromatic N) is 2. The summed E-state index contributed by atoms with van der Waals surface area (Å²) in [6.45, 7) is 6.93. The predicted molar refractivity (Wildman–Crippen MR) is 60.9 cm³/mol. The summed E-state index contributed by atoms with van der Waals surface area (Å²) in [5.74, 6) is 1.18. The molecule has 0 amide bonds. The summed E-state index contributed by atoms with van der Waals surface area (Å²) in [6.07, 6.45) is 2.97. The standard InChI is InChI=1S/C11H21N3O2/c1-4-6-7-9-13-10(14-16-9)11(3,12)8-15-5-2/h4-8,12H2,1-3H3. The van der Waals surface area contributed by atoms with E-state index >= 15 is 0 Å². The van der Waals surface area contributed by atoms with Gasteiger partial charge in [0.2, 0.25) is 5.89 Å². The zero-order valence-electron chi connectivity index (χ0n) is 10.3. The zero-order valence-corrected chi connectivity index (χ0v) is 10.3. The van der Waals surface area contributed by atoms with Gasteiger partial charge in [-0.2, -0.15) is 4.98 Å². The van der Waals surface area contributed by atoms with Crippen molar-refractivity contribution in [3.05, 3.63) is 11.7 Å². The smallest absolute Gasteiger partial charge is 0.226 e. The maximum atomic E-state index is 6.06. The second-order valence-corrected chi connectivity index (χ2v) is 4.17. The molecule has 1 aromatic rings. The van der Waals surface area contributed by atoms with Crippen LogP contribution in [0.25, 0.3) is 0 Å². The first kappa shape index (κ1) is 13.1. The number of aromatic nitrogens is 2. The van der Waals surface area contributed by atoms with Gasteiger partial charge >= 0.3 is 0 Å². The quantitative estimate of drug-likeness (QED) is 0.766. The summed E-state index contributed by atoms with van der Waals surface area (Å²) in [5.41, 5.74) is 5.38. The Balaban J connectivity index is 2.61. The topological polar surface area (TPSA) is 74.2 Å². The van der Waals surface area contributed by atoms with Crippen molar-refractivity contribution < 1.29 is 9.26 Å². The molecule has 0 saturated heterocycles. The molecule has 5 heteroatoms. The molecule has 1 unspecified atom stereocenters. The van der Waals surface area contributed by atoms with Gasteiger partial charge in [0.25, 0.3) is 0 Å². The normalized spacial score (nSPS) is 15.0. The summed E-state index contributed by atoms with van der Waals surface area (Å²) in [6, 6.07) is 0. The number of ether oxygens (including phenoxy) is 1. The van der Waals surface area contributed by atoms with Gasteiger partial charge in [-0.25, -0.2) is 0 Å². The van der Waals surface area contributed by atoms with Gasteiger partial charge in [0.05, 0.1) is 6.61 Å². The van der Waals surface area contributed by atoms with Gasteiger partial charge in [0, 0.05) is 13.0 Å². The molecule has 92 valence electrons. The molecule has 0 aromatic carbocycles. The van der Waals surface area contributed by atoms with E-state index in [1.807, 2.05) is 13.8 Å². The van der Waals surface area contributed by atoms with Gasteiger partial charge in [-0.3, -0.25) is 0 Å². The van der Waals surface area contributed by atoms with Crippen LogP contribution in [0.5, 0.6) is 0 Å². The van der Waals surface area contributed by atoms with Crippen molar-refractivity contribution >= 4 is 0 Å². The largest absolute Gasteiger partial charge is 0.379 e. The minimum atomic E-state index is -0.677. The molecule has 0 aliphatic carbocycles. The molecule has 0 aliphatic rings. The zero-order chi connectivity index (χ0) is 12.0. The van der Waals surface area contributed by atoms with Crippen molar-refractivity contribution in [1.82, 2.24) is 10.1 Å². The molecule has 1 aromatic heterocycles. The fraction of sp³-hybridized carbons (Fsp3) is 0.818. The minimum absolute atomic E-state index is 0.399. The summed E-state index contributed by atoms with van der Waals surface area (Å²) in [5, 5.41) is 3.90. The Kier molecular flexibility index (Phi) is 4.89. The summed E-state index contributed by atoms with van der Waals surface area (Å²) >= 11 is 0. The average Bonchev–Trinajstić information content (AvgIpc) is 2.73. The molecule has 0 spiro atoms. The number of hydrogen-bond acceptors (Lipinski definition) is 5. The van der Waals surface area contributed by atoms with Gasteiger partial charge < -0.3 is 15.0 Å². The Morgan fingerprint density at radius 3 is 2.81 bits per heavy atom. The summed E-state index contributed by atoms with van der Waals surface area (Å²) in [7, 11) is 0. The van der Waals surface area contributed by atoms with E-state index in [0.29, 0.717) is 24.9 Å². The third-order valence-corrected chi connectivity index (χ3v) is 2.33. The Labute approximate surface area is 96.4 Å². The SMILES string of the molecule is CCCCc1nc(C(C)(N)COCC)no1. The molecule has 16 heavy (non-hydrogen) atoms. The third-order valence-electron chi connectivity index (χ3n) is 2.33. The van der Waals surface area contributed by atoms with Gasteiger partial charge in [-0.05, 0) is 20.3 Å². The molecule has 1 atom stereocenters. The van der Waals surface area contributed by atoms with Crippen LogP contribution >= 0.6 is 0 Å². The Hall–Kier alpha value is -0.940. The second-order valence-electron chi connectivity index (χ2n) is 4.17. The molecule has 0 saturated carbocycles. The first-order chi connectivity index (χ1) is 7.60. The van der Waals surface area contributed by atoms with Crippen LogP contribution in [0, 0.1) is 0 Å². The van der Waals surface area contributed by atoms with E-state index in [1.54, 1.807) is 0 Å². The van der Waals surface area contributed by atoms with Gasteiger partial charge in [-0.15, -0.1) is 0 Å². The lowest BCUT2D eigenvalue weighted by atomic mass is 10.1. The molecule has 0 bridgehead atoms. The Morgan fingerprint density at radius 2 is 2.19 bits per heavy atom. The molecule has 5 nitrogen and oxygen atoms in total. The van der Waals surface area contributed by atoms with Crippen molar-refractivity contribution in [3.63, 3.8) is 0 Å². The minimum Gasteiger partial charge on any atom is -0.379 e. The lowest BCUT2D eigenvalue weighted by molar-refractivity contribution is 0.0962. The number of hydrogen-bond donors (Lipinski definition) is 1. The van der Waals surface area contributed by atoms with Crippen LogP contribution in [0.4, 0.5) is 0 Å². The molecule has 0 fully saturated rings. The van der Waals surface area contributed by atoms with E-state index in [1.165, 1.54) is 0 Å². The highest BCUT2D eigenvalue weighted by Gasteiger charge is 2.27. The van der Waals surface area contributed by atoms with Crippen LogP contribution in [0.3, 0.4) is 0 Å². The highest BCUT2D eigenvalue weighted by atomic mass is 16.5. The van der Waals surface area contributed by atoms with Crippen molar-refractivity contribution in [2.24, 2.45) is 5.73 Å². The first-order valence-corrected chi connectivity index (χ1v) is 5.79. The Morgan fingerprint density at radius 1 is 1.44 bits per heavy atom. The summed E-state index contributed by atoms with van der Waals surface area (Å²) in [4.78, 5) is 4.29. The van der Waals surface area contributed by atoms with E-state index in [4.69, 9.17) is 15.0 Å². The molecule has 0 aliphatic heterocycles. The van der Waals surface area contributed by atoms with E-state index in [0.717, 1.165) is 19.3 Å². The van der Waals surface area contributed by atoms with E-state index in [9.17, 15) is 0 Å². The molecule has 0 radical (unpaired) electrons. The fourth-order valence-corrected chi connectivity index (χ4v) is 1.30. The average molecular weight is 227 g/mol. The van der Waals surface area contributed by atoms with Crippen LogP contribution < -0.4 is 5.73 Å². The molecule has 1 heterocycles. The van der Waals surface area contributed by atoms with E-state index in [-0.39, 0.29) is 0 Å². The van der Waals surface area contributed by atoms with Crippen LogP contribution in [0.15, 0.2) is 4.52 Å². The van der Waals surface area contributed by atoms with Crippen LogP contribution in [-0.2, 0) is 16.7 Å². The molecule has 2 N–H and O–H groups in total. The lowest BCUT2D eigenvalue weighted by Crippen LogP contribution is -2.39. The van der Waals surface area contributed by atoms with Gasteiger partial charge in [0.1, 0.15) is 5.54 Å². The molecular weight excluding hydrogens is 206 g/mol. The monoisotopic (exact) mass is 227 g/mol. The number of rotatable bonds is 7. The van der Waals surface area contributed by atoms with Gasteiger partial charge in [-0.1, -0.05) is 18.5 Å². The van der Waals surface area contributed by atoms with Gasteiger partial charge in [0.15, 0.2) is 5.82 Å². The van der Waals surface area contributed by atoms with Crippen LogP contribution in [-0.4, -0.2) is 23.4 Å². The van der Waals surface area contributed by atoms with Crippen molar-refractivity contribution in [2.75, 3.05) is 13.2 Å². The summed E-state index contributed by atoms with van der Waals surface area (Å²) < 4.78 is 10.4. The first-order valence-electron chi connectivity index (χ1n) is 5.79. The van der Waals surface area contributed by atoms with Crippen molar-refractivity contribution in [1.29, 1.82) is 0 Å². The Bertz CT molecular complexity index is 310. The van der Waals surface area contributed by atoms with E-state index < -0.39 is 5.54 Å². The van der Waals surface area contributed by atoms with Crippen molar-refractivity contribution in [2.45, 2.75) is 45.6 Å². The molecule has 1 rings (SSSR count). The van der Waals surface area contributed by atoms with Crippen LogP contribution in [0.1, 0.15) is 45.3 Å². The highest BCUT2D eigenvalue weighted by Crippen LogP contribution is 2.15. The maximum Gasteiger partial charge on any atom is 0.226 e. The predicted octanol–water partition coefficient (Wildman–Crippen LogP) is 1.62. The van der Waals surface area contributed by atoms with E-state index in [2.05, 4.69) is 17.1 Å².